The molecule has 0 spiro atoms. The van der Waals surface area contributed by atoms with Gasteiger partial charge in [-0.05, 0) is 41.5 Å². The van der Waals surface area contributed by atoms with E-state index in [9.17, 15) is 15.0 Å². The zero-order valence-electron chi connectivity index (χ0n) is 11.6. The fourth-order valence-corrected chi connectivity index (χ4v) is 2.24. The van der Waals surface area contributed by atoms with Crippen LogP contribution >= 0.6 is 0 Å². The van der Waals surface area contributed by atoms with Crippen molar-refractivity contribution in [2.24, 2.45) is 0 Å². The van der Waals surface area contributed by atoms with Crippen LogP contribution in [0.25, 0.3) is 22.6 Å². The molecule has 4 nitrogen and oxygen atoms in total. The largest absolute Gasteiger partial charge is 0.508 e. The summed E-state index contributed by atoms with van der Waals surface area (Å²) in [6, 6.07) is 15.6. The number of aromatic hydroxyl groups is 1. The lowest BCUT2D eigenvalue weighted by molar-refractivity contribution is -0.130. The summed E-state index contributed by atoms with van der Waals surface area (Å²) in [5, 5.41) is 19.7. The Morgan fingerprint density at radius 1 is 1.05 bits per heavy atom. The molecular formula is C18H13NO3. The highest BCUT2D eigenvalue weighted by Crippen LogP contribution is 2.22. The first-order chi connectivity index (χ1) is 10.6. The Labute approximate surface area is 127 Å². The number of aromatic nitrogens is 1. The van der Waals surface area contributed by atoms with Crippen LogP contribution in [-0.2, 0) is 4.79 Å². The SMILES string of the molecule is O=C(O)/C(=C\c1cnc2ccccc2c1)c1ccc(O)cc1. The summed E-state index contributed by atoms with van der Waals surface area (Å²) in [5.41, 5.74) is 2.25. The van der Waals surface area contributed by atoms with Crippen molar-refractivity contribution >= 4 is 28.5 Å². The van der Waals surface area contributed by atoms with Crippen molar-refractivity contribution in [2.45, 2.75) is 0 Å². The van der Waals surface area contributed by atoms with E-state index in [4.69, 9.17) is 0 Å². The maximum atomic E-state index is 11.5. The van der Waals surface area contributed by atoms with Gasteiger partial charge in [0.15, 0.2) is 0 Å². The molecule has 22 heavy (non-hydrogen) atoms. The highest BCUT2D eigenvalue weighted by atomic mass is 16.4. The van der Waals surface area contributed by atoms with E-state index in [2.05, 4.69) is 4.98 Å². The highest BCUT2D eigenvalue weighted by molar-refractivity contribution is 6.20. The van der Waals surface area contributed by atoms with Crippen molar-refractivity contribution in [1.29, 1.82) is 0 Å². The number of hydrogen-bond acceptors (Lipinski definition) is 3. The molecule has 0 bridgehead atoms. The standard InChI is InChI=1S/C18H13NO3/c20-15-7-5-13(6-8-15)16(18(21)22)10-12-9-14-3-1-2-4-17(14)19-11-12/h1-11,20H,(H,21,22)/b16-10-. The fourth-order valence-electron chi connectivity index (χ4n) is 2.24. The van der Waals surface area contributed by atoms with Crippen LogP contribution in [0.3, 0.4) is 0 Å². The summed E-state index contributed by atoms with van der Waals surface area (Å²) in [7, 11) is 0. The number of pyridine rings is 1. The molecular weight excluding hydrogens is 278 g/mol. The van der Waals surface area contributed by atoms with Crippen LogP contribution in [0.1, 0.15) is 11.1 Å². The molecule has 0 aliphatic carbocycles. The molecule has 0 saturated carbocycles. The smallest absolute Gasteiger partial charge is 0.336 e. The van der Waals surface area contributed by atoms with Crippen LogP contribution in [0.2, 0.25) is 0 Å². The monoisotopic (exact) mass is 291 g/mol. The minimum absolute atomic E-state index is 0.0980. The van der Waals surface area contributed by atoms with Gasteiger partial charge in [0.1, 0.15) is 5.75 Å². The Balaban J connectivity index is 2.08. The Morgan fingerprint density at radius 2 is 1.77 bits per heavy atom. The molecule has 0 radical (unpaired) electrons. The number of rotatable bonds is 3. The molecule has 0 fully saturated rings. The average Bonchev–Trinajstić information content (AvgIpc) is 2.53. The van der Waals surface area contributed by atoms with Crippen molar-refractivity contribution in [3.8, 4) is 5.75 Å². The number of aliphatic carboxylic acids is 1. The van der Waals surface area contributed by atoms with E-state index in [0.717, 1.165) is 10.9 Å². The molecule has 0 atom stereocenters. The predicted molar refractivity (Wildman–Crippen MR) is 85.4 cm³/mol. The van der Waals surface area contributed by atoms with E-state index in [0.29, 0.717) is 11.1 Å². The molecule has 0 aliphatic rings. The minimum atomic E-state index is -1.03. The Bertz CT molecular complexity index is 867. The van der Waals surface area contributed by atoms with E-state index < -0.39 is 5.97 Å². The van der Waals surface area contributed by atoms with Crippen molar-refractivity contribution in [3.05, 3.63) is 71.9 Å². The fraction of sp³-hybridized carbons (Fsp3) is 0. The third-order valence-electron chi connectivity index (χ3n) is 3.33. The van der Waals surface area contributed by atoms with Crippen molar-refractivity contribution in [1.82, 2.24) is 4.98 Å². The topological polar surface area (TPSA) is 70.4 Å². The first kappa shape index (κ1) is 13.8. The number of phenolic OH excluding ortho intramolecular Hbond substituents is 1. The van der Waals surface area contributed by atoms with Gasteiger partial charge in [-0.1, -0.05) is 30.3 Å². The lowest BCUT2D eigenvalue weighted by atomic mass is 10.0. The molecule has 0 amide bonds. The van der Waals surface area contributed by atoms with E-state index in [1.165, 1.54) is 12.1 Å². The van der Waals surface area contributed by atoms with Crippen LogP contribution in [-0.4, -0.2) is 21.2 Å². The third kappa shape index (κ3) is 2.81. The molecule has 108 valence electrons. The quantitative estimate of drug-likeness (QED) is 0.724. The second-order valence-corrected chi connectivity index (χ2v) is 4.87. The summed E-state index contributed by atoms with van der Waals surface area (Å²) in [6.07, 6.45) is 3.22. The maximum absolute atomic E-state index is 11.5. The van der Waals surface area contributed by atoms with Crippen molar-refractivity contribution in [3.63, 3.8) is 0 Å². The molecule has 3 rings (SSSR count). The second kappa shape index (κ2) is 5.69. The highest BCUT2D eigenvalue weighted by Gasteiger charge is 2.10. The number of carboxylic acid groups (broad SMARTS) is 1. The van der Waals surface area contributed by atoms with Crippen LogP contribution in [0.4, 0.5) is 0 Å². The zero-order valence-corrected chi connectivity index (χ0v) is 11.6. The van der Waals surface area contributed by atoms with Gasteiger partial charge in [-0.3, -0.25) is 4.98 Å². The number of fused-ring (bicyclic) bond motifs is 1. The molecule has 0 saturated heterocycles. The predicted octanol–water partition coefficient (Wildman–Crippen LogP) is 3.57. The molecule has 2 aromatic carbocycles. The van der Waals surface area contributed by atoms with E-state index >= 15 is 0 Å². The molecule has 0 aliphatic heterocycles. The van der Waals surface area contributed by atoms with Crippen LogP contribution in [0.15, 0.2) is 60.8 Å². The number of nitrogens with zero attached hydrogens (tertiary/aromatic N) is 1. The van der Waals surface area contributed by atoms with Gasteiger partial charge in [-0.2, -0.15) is 0 Å². The summed E-state index contributed by atoms with van der Waals surface area (Å²) >= 11 is 0. The minimum Gasteiger partial charge on any atom is -0.508 e. The van der Waals surface area contributed by atoms with Gasteiger partial charge >= 0.3 is 5.97 Å². The second-order valence-electron chi connectivity index (χ2n) is 4.87. The summed E-state index contributed by atoms with van der Waals surface area (Å²) in [6.45, 7) is 0. The van der Waals surface area contributed by atoms with Crippen LogP contribution in [0.5, 0.6) is 5.75 Å². The summed E-state index contributed by atoms with van der Waals surface area (Å²) in [4.78, 5) is 15.8. The number of benzene rings is 2. The molecule has 4 heteroatoms. The number of phenols is 1. The Kier molecular flexibility index (Phi) is 3.58. The Hall–Kier alpha value is -3.14. The van der Waals surface area contributed by atoms with Gasteiger partial charge in [-0.15, -0.1) is 0 Å². The summed E-state index contributed by atoms with van der Waals surface area (Å²) in [5.74, 6) is -0.931. The lowest BCUT2D eigenvalue weighted by Crippen LogP contribution is -1.99. The summed E-state index contributed by atoms with van der Waals surface area (Å²) < 4.78 is 0. The Morgan fingerprint density at radius 3 is 2.50 bits per heavy atom. The molecule has 0 unspecified atom stereocenters. The number of carbonyl (C=O) groups is 1. The molecule has 1 heterocycles. The normalized spacial score (nSPS) is 11.5. The van der Waals surface area contributed by atoms with Gasteiger partial charge in [0.05, 0.1) is 11.1 Å². The lowest BCUT2D eigenvalue weighted by Gasteiger charge is -2.04. The average molecular weight is 291 g/mol. The number of carboxylic acids is 1. The zero-order chi connectivity index (χ0) is 15.5. The maximum Gasteiger partial charge on any atom is 0.336 e. The van der Waals surface area contributed by atoms with Crippen LogP contribution in [0, 0.1) is 0 Å². The van der Waals surface area contributed by atoms with E-state index in [1.807, 2.05) is 30.3 Å². The van der Waals surface area contributed by atoms with E-state index in [1.54, 1.807) is 24.4 Å². The van der Waals surface area contributed by atoms with Gasteiger partial charge in [0.25, 0.3) is 0 Å². The van der Waals surface area contributed by atoms with Crippen molar-refractivity contribution < 1.29 is 15.0 Å². The first-order valence-electron chi connectivity index (χ1n) is 6.73. The van der Waals surface area contributed by atoms with Gasteiger partial charge < -0.3 is 10.2 Å². The number of para-hydroxylation sites is 1. The van der Waals surface area contributed by atoms with Gasteiger partial charge in [0, 0.05) is 11.6 Å². The third-order valence-corrected chi connectivity index (χ3v) is 3.33. The molecule has 3 aromatic rings. The molecule has 1 aromatic heterocycles. The molecule has 2 N–H and O–H groups in total. The van der Waals surface area contributed by atoms with Crippen LogP contribution < -0.4 is 0 Å². The first-order valence-corrected chi connectivity index (χ1v) is 6.73. The van der Waals surface area contributed by atoms with Gasteiger partial charge in [0.2, 0.25) is 0 Å². The van der Waals surface area contributed by atoms with Gasteiger partial charge in [-0.25, -0.2) is 4.79 Å². The number of hydrogen-bond donors (Lipinski definition) is 2. The van der Waals surface area contributed by atoms with Crippen molar-refractivity contribution in [2.75, 3.05) is 0 Å². The van der Waals surface area contributed by atoms with E-state index in [-0.39, 0.29) is 11.3 Å².